The molecule has 1 rings (SSSR count). The highest BCUT2D eigenvalue weighted by Crippen LogP contribution is 2.10. The number of aryl methyl sites for hydroxylation is 1. The largest absolute Gasteiger partial charge is 0.469 e. The second-order valence-corrected chi connectivity index (χ2v) is 6.28. The summed E-state index contributed by atoms with van der Waals surface area (Å²) < 4.78 is 4.61. The summed E-state index contributed by atoms with van der Waals surface area (Å²) in [4.78, 5) is 20.7. The van der Waals surface area contributed by atoms with Crippen molar-refractivity contribution >= 4 is 47.2 Å². The van der Waals surface area contributed by atoms with Crippen LogP contribution in [0.25, 0.3) is 0 Å². The normalized spacial score (nSPS) is 10.8. The Labute approximate surface area is 159 Å². The van der Waals surface area contributed by atoms with Crippen molar-refractivity contribution in [2.45, 2.75) is 45.6 Å². The lowest BCUT2D eigenvalue weighted by Gasteiger charge is -2.10. The maximum absolute atomic E-state index is 11.0. The predicted molar refractivity (Wildman–Crippen MR) is 106 cm³/mol. The number of unbranched alkanes of at least 4 members (excludes halogenated alkanes) is 3. The highest BCUT2D eigenvalue weighted by atomic mass is 127. The number of carbonyl (C=O) groups excluding carboxylic acids is 1. The molecule has 1 heterocycles. The van der Waals surface area contributed by atoms with Crippen molar-refractivity contribution < 1.29 is 9.53 Å². The number of halogens is 1. The van der Waals surface area contributed by atoms with Crippen molar-refractivity contribution in [3.05, 3.63) is 16.1 Å². The summed E-state index contributed by atoms with van der Waals surface area (Å²) in [6.07, 6.45) is 6.47. The minimum Gasteiger partial charge on any atom is -0.469 e. The van der Waals surface area contributed by atoms with E-state index in [1.807, 2.05) is 6.20 Å². The molecule has 0 atom stereocenters. The van der Waals surface area contributed by atoms with Gasteiger partial charge in [-0.1, -0.05) is 12.8 Å². The molecule has 0 saturated heterocycles. The van der Waals surface area contributed by atoms with Crippen molar-refractivity contribution in [1.82, 2.24) is 15.6 Å². The summed E-state index contributed by atoms with van der Waals surface area (Å²) in [6, 6.07) is 0. The summed E-state index contributed by atoms with van der Waals surface area (Å²) in [7, 11) is 3.19. The molecule has 0 aromatic carbocycles. The maximum Gasteiger partial charge on any atom is 0.305 e. The Balaban J connectivity index is 0.00000484. The van der Waals surface area contributed by atoms with E-state index >= 15 is 0 Å². The number of thiazole rings is 1. The number of ether oxygens (including phenoxy) is 1. The van der Waals surface area contributed by atoms with E-state index < -0.39 is 0 Å². The highest BCUT2D eigenvalue weighted by molar-refractivity contribution is 14.0. The molecule has 0 unspecified atom stereocenters. The number of aromatic nitrogens is 1. The fourth-order valence-corrected chi connectivity index (χ4v) is 2.65. The van der Waals surface area contributed by atoms with E-state index in [0.717, 1.165) is 43.2 Å². The van der Waals surface area contributed by atoms with E-state index in [1.54, 1.807) is 18.4 Å². The van der Waals surface area contributed by atoms with Crippen molar-refractivity contribution in [1.29, 1.82) is 0 Å². The number of rotatable bonds is 9. The standard InChI is InChI=1S/C15H26N4O2S.HI/c1-12-10-18-13(22-12)11-19-15(16-2)17-9-7-5-4-6-8-14(20)21-3;/h10H,4-9,11H2,1-3H3,(H2,16,17,19);1H. The highest BCUT2D eigenvalue weighted by Gasteiger charge is 2.02. The fourth-order valence-electron chi connectivity index (χ4n) is 1.92. The minimum atomic E-state index is -0.125. The van der Waals surface area contributed by atoms with Crippen LogP contribution in [0.5, 0.6) is 0 Å². The number of esters is 1. The van der Waals surface area contributed by atoms with Gasteiger partial charge in [-0.15, -0.1) is 35.3 Å². The molecule has 2 N–H and O–H groups in total. The number of guanidine groups is 1. The lowest BCUT2D eigenvalue weighted by Crippen LogP contribution is -2.37. The van der Waals surface area contributed by atoms with E-state index in [-0.39, 0.29) is 29.9 Å². The van der Waals surface area contributed by atoms with Crippen LogP contribution in [0.4, 0.5) is 0 Å². The third-order valence-electron chi connectivity index (χ3n) is 3.13. The average molecular weight is 454 g/mol. The number of nitrogens with one attached hydrogen (secondary N) is 2. The summed E-state index contributed by atoms with van der Waals surface area (Å²) in [5.74, 6) is 0.669. The molecule has 1 aromatic heterocycles. The number of carbonyl (C=O) groups is 1. The zero-order valence-corrected chi connectivity index (χ0v) is 17.2. The van der Waals surface area contributed by atoms with Crippen LogP contribution < -0.4 is 10.6 Å². The minimum absolute atomic E-state index is 0. The predicted octanol–water partition coefficient (Wildman–Crippen LogP) is 2.86. The molecule has 0 radical (unpaired) electrons. The molecule has 0 fully saturated rings. The molecule has 0 saturated carbocycles. The lowest BCUT2D eigenvalue weighted by molar-refractivity contribution is -0.140. The number of methoxy groups -OCH3 is 1. The van der Waals surface area contributed by atoms with Crippen LogP contribution in [0.1, 0.15) is 42.0 Å². The van der Waals surface area contributed by atoms with Gasteiger partial charge in [0.1, 0.15) is 5.01 Å². The van der Waals surface area contributed by atoms with Crippen LogP contribution in [0, 0.1) is 6.92 Å². The second kappa shape index (κ2) is 13.5. The topological polar surface area (TPSA) is 75.6 Å². The maximum atomic E-state index is 11.0. The van der Waals surface area contributed by atoms with Crippen LogP contribution in [-0.2, 0) is 16.1 Å². The van der Waals surface area contributed by atoms with Crippen LogP contribution in [0.2, 0.25) is 0 Å². The Morgan fingerprint density at radius 3 is 2.65 bits per heavy atom. The lowest BCUT2D eigenvalue weighted by atomic mass is 10.1. The zero-order valence-electron chi connectivity index (χ0n) is 14.1. The van der Waals surface area contributed by atoms with E-state index in [2.05, 4.69) is 32.3 Å². The molecule has 0 bridgehead atoms. The number of aliphatic imine (C=N–C) groups is 1. The van der Waals surface area contributed by atoms with Gasteiger partial charge >= 0.3 is 5.97 Å². The Morgan fingerprint density at radius 2 is 2.04 bits per heavy atom. The second-order valence-electron chi connectivity index (χ2n) is 4.96. The molecule has 0 amide bonds. The van der Waals surface area contributed by atoms with Gasteiger partial charge in [0.25, 0.3) is 0 Å². The number of hydrogen-bond acceptors (Lipinski definition) is 5. The fraction of sp³-hybridized carbons (Fsp3) is 0.667. The SMILES string of the molecule is CN=C(NCCCCCCC(=O)OC)NCc1ncc(C)s1.I. The molecular weight excluding hydrogens is 427 g/mol. The molecule has 132 valence electrons. The van der Waals surface area contributed by atoms with Gasteiger partial charge in [-0.2, -0.15) is 0 Å². The van der Waals surface area contributed by atoms with Gasteiger partial charge in [-0.3, -0.25) is 9.79 Å². The van der Waals surface area contributed by atoms with Gasteiger partial charge in [0.05, 0.1) is 13.7 Å². The van der Waals surface area contributed by atoms with E-state index in [1.165, 1.54) is 12.0 Å². The monoisotopic (exact) mass is 454 g/mol. The summed E-state index contributed by atoms with van der Waals surface area (Å²) in [5.41, 5.74) is 0. The molecule has 23 heavy (non-hydrogen) atoms. The average Bonchev–Trinajstić information content (AvgIpc) is 2.94. The first-order chi connectivity index (χ1) is 10.7. The van der Waals surface area contributed by atoms with Crippen molar-refractivity contribution in [2.75, 3.05) is 20.7 Å². The van der Waals surface area contributed by atoms with E-state index in [9.17, 15) is 4.79 Å². The quantitative estimate of drug-likeness (QED) is 0.197. The Morgan fingerprint density at radius 1 is 1.30 bits per heavy atom. The van der Waals surface area contributed by atoms with Gasteiger partial charge in [0.2, 0.25) is 0 Å². The Kier molecular flexibility index (Phi) is 13.0. The van der Waals surface area contributed by atoms with Crippen molar-refractivity contribution in [3.63, 3.8) is 0 Å². The molecule has 0 aliphatic carbocycles. The van der Waals surface area contributed by atoms with Crippen LogP contribution >= 0.6 is 35.3 Å². The molecule has 0 spiro atoms. The van der Waals surface area contributed by atoms with Gasteiger partial charge in [0, 0.05) is 31.1 Å². The van der Waals surface area contributed by atoms with Crippen molar-refractivity contribution in [2.24, 2.45) is 4.99 Å². The number of nitrogens with zero attached hydrogens (tertiary/aromatic N) is 2. The molecule has 0 aliphatic rings. The van der Waals surface area contributed by atoms with Crippen LogP contribution in [-0.4, -0.2) is 37.6 Å². The first kappa shape index (κ1) is 22.1. The molecule has 8 heteroatoms. The molecule has 1 aromatic rings. The van der Waals surface area contributed by atoms with E-state index in [4.69, 9.17) is 0 Å². The smallest absolute Gasteiger partial charge is 0.305 e. The molecule has 0 aliphatic heterocycles. The van der Waals surface area contributed by atoms with Gasteiger partial charge < -0.3 is 15.4 Å². The third-order valence-corrected chi connectivity index (χ3v) is 4.04. The molecule has 6 nitrogen and oxygen atoms in total. The van der Waals surface area contributed by atoms with Gasteiger partial charge in [-0.05, 0) is 19.8 Å². The summed E-state index contributed by atoms with van der Waals surface area (Å²) in [5, 5.41) is 7.59. The van der Waals surface area contributed by atoms with Gasteiger partial charge in [0.15, 0.2) is 5.96 Å². The number of hydrogen-bond donors (Lipinski definition) is 2. The van der Waals surface area contributed by atoms with Gasteiger partial charge in [-0.25, -0.2) is 4.98 Å². The molecular formula is C15H27IN4O2S. The Hall–Kier alpha value is -0.900. The zero-order chi connectivity index (χ0) is 16.2. The van der Waals surface area contributed by atoms with Crippen molar-refractivity contribution in [3.8, 4) is 0 Å². The third kappa shape index (κ3) is 10.5. The first-order valence-electron chi connectivity index (χ1n) is 7.58. The Bertz CT molecular complexity index is 480. The first-order valence-corrected chi connectivity index (χ1v) is 8.40. The van der Waals surface area contributed by atoms with Crippen LogP contribution in [0.15, 0.2) is 11.2 Å². The summed E-state index contributed by atoms with van der Waals surface area (Å²) in [6.45, 7) is 3.61. The van der Waals surface area contributed by atoms with Crippen LogP contribution in [0.3, 0.4) is 0 Å². The van der Waals surface area contributed by atoms with E-state index in [0.29, 0.717) is 13.0 Å². The summed E-state index contributed by atoms with van der Waals surface area (Å²) >= 11 is 1.69.